The van der Waals surface area contributed by atoms with Crippen molar-refractivity contribution in [2.24, 2.45) is 5.11 Å². The molecule has 6 heteroatoms. The summed E-state index contributed by atoms with van der Waals surface area (Å²) in [7, 11) is -3.55. The molecular formula is C12H13N3O2S. The topological polar surface area (TPSA) is 82.9 Å². The summed E-state index contributed by atoms with van der Waals surface area (Å²) in [5, 5.41) is 3.34. The van der Waals surface area contributed by atoms with Crippen LogP contribution in [0.1, 0.15) is 13.3 Å². The van der Waals surface area contributed by atoms with Crippen LogP contribution in [0, 0.1) is 0 Å². The lowest BCUT2D eigenvalue weighted by atomic mass is 10.4. The summed E-state index contributed by atoms with van der Waals surface area (Å²) in [5.41, 5.74) is 10.9. The molecule has 0 fully saturated rings. The van der Waals surface area contributed by atoms with Crippen LogP contribution in [0.25, 0.3) is 10.4 Å². The van der Waals surface area contributed by atoms with Crippen LogP contribution < -0.4 is 0 Å². The van der Waals surface area contributed by atoms with Gasteiger partial charge in [-0.1, -0.05) is 23.3 Å². The summed E-state index contributed by atoms with van der Waals surface area (Å²) in [6, 6.07) is 8.12. The molecule has 94 valence electrons. The van der Waals surface area contributed by atoms with E-state index in [1.165, 1.54) is 18.2 Å². The Kier molecular flexibility index (Phi) is 5.21. The molecule has 0 bridgehead atoms. The van der Waals surface area contributed by atoms with Gasteiger partial charge in [-0.05, 0) is 37.1 Å². The van der Waals surface area contributed by atoms with Crippen LogP contribution in [0.4, 0.5) is 0 Å². The van der Waals surface area contributed by atoms with Crippen molar-refractivity contribution in [1.82, 2.24) is 0 Å². The van der Waals surface area contributed by atoms with Gasteiger partial charge in [0.05, 0.1) is 9.80 Å². The molecule has 0 saturated heterocycles. The van der Waals surface area contributed by atoms with E-state index in [1.54, 1.807) is 25.1 Å². The van der Waals surface area contributed by atoms with Gasteiger partial charge < -0.3 is 0 Å². The van der Waals surface area contributed by atoms with Gasteiger partial charge in [0.15, 0.2) is 0 Å². The number of benzene rings is 1. The van der Waals surface area contributed by atoms with Crippen molar-refractivity contribution in [1.29, 1.82) is 0 Å². The zero-order valence-electron chi connectivity index (χ0n) is 9.94. The van der Waals surface area contributed by atoms with Crippen molar-refractivity contribution in [2.75, 3.05) is 6.54 Å². The zero-order chi connectivity index (χ0) is 13.4. The predicted octanol–water partition coefficient (Wildman–Crippen LogP) is 3.22. The molecule has 1 aromatic carbocycles. The first-order valence-corrected chi connectivity index (χ1v) is 6.82. The minimum absolute atomic E-state index is 0.0960. The highest BCUT2D eigenvalue weighted by Crippen LogP contribution is 2.20. The van der Waals surface area contributed by atoms with E-state index >= 15 is 0 Å². The smallest absolute Gasteiger partial charge is 0.210 e. The highest BCUT2D eigenvalue weighted by atomic mass is 32.2. The fraction of sp³-hybridized carbons (Fsp3) is 0.250. The summed E-state index contributed by atoms with van der Waals surface area (Å²) >= 11 is 0. The molecule has 0 N–H and O–H groups in total. The van der Waals surface area contributed by atoms with Crippen molar-refractivity contribution in [3.05, 3.63) is 57.5 Å². The van der Waals surface area contributed by atoms with E-state index in [9.17, 15) is 8.42 Å². The summed E-state index contributed by atoms with van der Waals surface area (Å²) in [5.74, 6) is 0. The highest BCUT2D eigenvalue weighted by Gasteiger charge is 2.19. The molecule has 5 nitrogen and oxygen atoms in total. The van der Waals surface area contributed by atoms with Crippen LogP contribution in [-0.2, 0) is 9.84 Å². The van der Waals surface area contributed by atoms with Gasteiger partial charge in [0.2, 0.25) is 9.84 Å². The average molecular weight is 263 g/mol. The van der Waals surface area contributed by atoms with Crippen LogP contribution in [-0.4, -0.2) is 15.0 Å². The van der Waals surface area contributed by atoms with Crippen LogP contribution >= 0.6 is 0 Å². The van der Waals surface area contributed by atoms with E-state index < -0.39 is 9.84 Å². The fourth-order valence-corrected chi connectivity index (χ4v) is 2.82. The molecule has 0 saturated carbocycles. The van der Waals surface area contributed by atoms with Gasteiger partial charge in [-0.15, -0.1) is 5.73 Å². The third-order valence-corrected chi connectivity index (χ3v) is 4.05. The Hall–Kier alpha value is -2.00. The van der Waals surface area contributed by atoms with E-state index in [0.717, 1.165) is 0 Å². The van der Waals surface area contributed by atoms with Crippen LogP contribution in [0.15, 0.2) is 57.1 Å². The van der Waals surface area contributed by atoms with Crippen LogP contribution in [0.3, 0.4) is 0 Å². The Morgan fingerprint density at radius 1 is 1.44 bits per heavy atom. The maximum absolute atomic E-state index is 12.3. The molecule has 0 aliphatic carbocycles. The molecule has 0 aliphatic heterocycles. The van der Waals surface area contributed by atoms with Gasteiger partial charge in [-0.3, -0.25) is 0 Å². The lowest BCUT2D eigenvalue weighted by molar-refractivity contribution is 0.600. The monoisotopic (exact) mass is 263 g/mol. The second kappa shape index (κ2) is 6.67. The first-order chi connectivity index (χ1) is 8.62. The number of nitrogens with zero attached hydrogens (tertiary/aromatic N) is 3. The molecule has 0 unspecified atom stereocenters. The standard InChI is InChI=1S/C12H13N3O2S/c1-2-6-11(9-10-14-15-13)18(16,17)12-7-4-3-5-8-12/h2-5,7-8H,9-10H2,1H3. The number of rotatable bonds is 5. The minimum Gasteiger partial charge on any atom is -0.218 e. The largest absolute Gasteiger partial charge is 0.218 e. The van der Waals surface area contributed by atoms with Gasteiger partial charge in [0.1, 0.15) is 0 Å². The third-order valence-electron chi connectivity index (χ3n) is 2.19. The van der Waals surface area contributed by atoms with Crippen molar-refractivity contribution < 1.29 is 8.42 Å². The normalized spacial score (nSPS) is 10.1. The Balaban J connectivity index is 3.15. The number of azide groups is 1. The maximum atomic E-state index is 12.3. The van der Waals surface area contributed by atoms with E-state index in [-0.39, 0.29) is 22.8 Å². The SMILES string of the molecule is CC=C=C(CCN=[N+]=[N-])S(=O)(=O)c1ccccc1. The molecule has 0 atom stereocenters. The highest BCUT2D eigenvalue weighted by molar-refractivity contribution is 7.95. The molecular weight excluding hydrogens is 250 g/mol. The first-order valence-electron chi connectivity index (χ1n) is 5.34. The van der Waals surface area contributed by atoms with E-state index in [0.29, 0.717) is 0 Å². The van der Waals surface area contributed by atoms with Crippen molar-refractivity contribution >= 4 is 9.84 Å². The first kappa shape index (κ1) is 14.1. The lowest BCUT2D eigenvalue weighted by Crippen LogP contribution is -2.05. The molecule has 0 heterocycles. The third kappa shape index (κ3) is 3.50. The summed E-state index contributed by atoms with van der Waals surface area (Å²) in [6.07, 6.45) is 1.68. The van der Waals surface area contributed by atoms with Crippen LogP contribution in [0.2, 0.25) is 0 Å². The van der Waals surface area contributed by atoms with Gasteiger partial charge in [-0.25, -0.2) is 8.42 Å². The van der Waals surface area contributed by atoms with Crippen molar-refractivity contribution in [3.63, 3.8) is 0 Å². The summed E-state index contributed by atoms with van der Waals surface area (Å²) in [4.78, 5) is 2.95. The molecule has 1 aromatic rings. The second-order valence-corrected chi connectivity index (χ2v) is 5.35. The lowest BCUT2D eigenvalue weighted by Gasteiger charge is -2.05. The van der Waals surface area contributed by atoms with Gasteiger partial charge in [0.25, 0.3) is 0 Å². The quantitative estimate of drug-likeness (QED) is 0.353. The number of hydrogen-bond donors (Lipinski definition) is 0. The fourth-order valence-electron chi connectivity index (χ4n) is 1.38. The van der Waals surface area contributed by atoms with E-state index in [4.69, 9.17) is 5.53 Å². The molecule has 0 radical (unpaired) electrons. The van der Waals surface area contributed by atoms with Gasteiger partial charge in [0, 0.05) is 11.5 Å². The Morgan fingerprint density at radius 3 is 2.67 bits per heavy atom. The Labute approximate surface area is 106 Å². The zero-order valence-corrected chi connectivity index (χ0v) is 10.8. The second-order valence-electron chi connectivity index (χ2n) is 3.38. The molecule has 0 aromatic heterocycles. The van der Waals surface area contributed by atoms with Gasteiger partial charge >= 0.3 is 0 Å². The molecule has 0 spiro atoms. The Bertz CT molecular complexity index is 608. The molecule has 1 rings (SSSR count). The molecule has 0 aliphatic rings. The summed E-state index contributed by atoms with van der Waals surface area (Å²) in [6.45, 7) is 1.78. The van der Waals surface area contributed by atoms with Crippen molar-refractivity contribution in [3.8, 4) is 0 Å². The predicted molar refractivity (Wildman–Crippen MR) is 69.5 cm³/mol. The van der Waals surface area contributed by atoms with Gasteiger partial charge in [-0.2, -0.15) is 0 Å². The average Bonchev–Trinajstić information content (AvgIpc) is 2.39. The van der Waals surface area contributed by atoms with Crippen molar-refractivity contribution in [2.45, 2.75) is 18.2 Å². The summed E-state index contributed by atoms with van der Waals surface area (Å²) < 4.78 is 24.5. The molecule has 18 heavy (non-hydrogen) atoms. The Morgan fingerprint density at radius 2 is 2.11 bits per heavy atom. The minimum atomic E-state index is -3.55. The number of hydrogen-bond acceptors (Lipinski definition) is 3. The number of sulfone groups is 1. The van der Waals surface area contributed by atoms with E-state index in [2.05, 4.69) is 15.8 Å². The van der Waals surface area contributed by atoms with Crippen LogP contribution in [0.5, 0.6) is 0 Å². The maximum Gasteiger partial charge on any atom is 0.210 e. The molecule has 0 amide bonds. The van der Waals surface area contributed by atoms with E-state index in [1.807, 2.05) is 0 Å².